The van der Waals surface area contributed by atoms with Gasteiger partial charge in [0.15, 0.2) is 17.5 Å². The van der Waals surface area contributed by atoms with E-state index in [1.54, 1.807) is 0 Å². The molecule has 0 saturated carbocycles. The first-order chi connectivity index (χ1) is 20.3. The lowest BCUT2D eigenvalue weighted by Gasteiger charge is -2.12. The molecule has 0 amide bonds. The molecular weight excluding hydrogens is 504 g/mol. The van der Waals surface area contributed by atoms with Gasteiger partial charge >= 0.3 is 0 Å². The number of hydrogen-bond acceptors (Lipinski definition) is 5. The number of para-hydroxylation sites is 1. The Bertz CT molecular complexity index is 2150. The molecule has 0 spiro atoms. The molecule has 0 unspecified atom stereocenters. The second-order valence-electron chi connectivity index (χ2n) is 9.91. The van der Waals surface area contributed by atoms with Crippen molar-refractivity contribution in [2.24, 2.45) is 0 Å². The van der Waals surface area contributed by atoms with Crippen molar-refractivity contribution in [2.75, 3.05) is 0 Å². The lowest BCUT2D eigenvalue weighted by molar-refractivity contribution is 0.669. The third kappa shape index (κ3) is 4.03. The Morgan fingerprint density at radius 1 is 0.415 bits per heavy atom. The first kappa shape index (κ1) is 23.2. The Labute approximate surface area is 235 Å². The van der Waals surface area contributed by atoms with Crippen LogP contribution in [0.4, 0.5) is 0 Å². The molecule has 0 aliphatic heterocycles. The van der Waals surface area contributed by atoms with Crippen molar-refractivity contribution in [1.29, 1.82) is 0 Å². The van der Waals surface area contributed by atoms with Gasteiger partial charge in [0.25, 0.3) is 0 Å². The van der Waals surface area contributed by atoms with Crippen LogP contribution in [-0.2, 0) is 0 Å². The van der Waals surface area contributed by atoms with Gasteiger partial charge in [-0.25, -0.2) is 15.0 Å². The van der Waals surface area contributed by atoms with E-state index in [4.69, 9.17) is 24.4 Å². The zero-order valence-electron chi connectivity index (χ0n) is 21.9. The van der Waals surface area contributed by atoms with E-state index in [9.17, 15) is 0 Å². The molecule has 8 aromatic rings. The van der Waals surface area contributed by atoms with Crippen LogP contribution in [0.5, 0.6) is 0 Å². The summed E-state index contributed by atoms with van der Waals surface area (Å²) in [6.45, 7) is 0. The molecule has 5 nitrogen and oxygen atoms in total. The number of rotatable bonds is 4. The Morgan fingerprint density at radius 2 is 1.05 bits per heavy atom. The highest BCUT2D eigenvalue weighted by Gasteiger charge is 2.16. The fourth-order valence-corrected chi connectivity index (χ4v) is 5.43. The van der Waals surface area contributed by atoms with Crippen molar-refractivity contribution in [1.82, 2.24) is 19.9 Å². The maximum atomic E-state index is 6.06. The highest BCUT2D eigenvalue weighted by Crippen LogP contribution is 2.36. The second-order valence-corrected chi connectivity index (χ2v) is 9.91. The Kier molecular flexibility index (Phi) is 5.38. The van der Waals surface area contributed by atoms with Crippen LogP contribution in [-0.4, -0.2) is 19.9 Å². The van der Waals surface area contributed by atoms with Gasteiger partial charge in [0.05, 0.1) is 5.69 Å². The topological polar surface area (TPSA) is 64.7 Å². The molecule has 0 bridgehead atoms. The number of fused-ring (bicyclic) bond motifs is 4. The Morgan fingerprint density at radius 3 is 1.80 bits per heavy atom. The predicted molar refractivity (Wildman–Crippen MR) is 164 cm³/mol. The number of nitrogens with zero attached hydrogens (tertiary/aromatic N) is 4. The number of benzene rings is 5. The fourth-order valence-electron chi connectivity index (χ4n) is 5.43. The summed E-state index contributed by atoms with van der Waals surface area (Å²) in [6.07, 6.45) is 1.86. The van der Waals surface area contributed by atoms with E-state index in [-0.39, 0.29) is 0 Å². The highest BCUT2D eigenvalue weighted by molar-refractivity contribution is 6.08. The van der Waals surface area contributed by atoms with Crippen LogP contribution in [0.2, 0.25) is 0 Å². The largest absolute Gasteiger partial charge is 0.456 e. The molecule has 0 aliphatic carbocycles. The summed E-state index contributed by atoms with van der Waals surface area (Å²) < 4.78 is 6.06. The van der Waals surface area contributed by atoms with Crippen LogP contribution in [0.1, 0.15) is 0 Å². The summed E-state index contributed by atoms with van der Waals surface area (Å²) in [7, 11) is 0. The lowest BCUT2D eigenvalue weighted by Crippen LogP contribution is -2.00. The van der Waals surface area contributed by atoms with Gasteiger partial charge in [-0.3, -0.25) is 4.98 Å². The maximum absolute atomic E-state index is 6.06. The molecule has 41 heavy (non-hydrogen) atoms. The minimum Gasteiger partial charge on any atom is -0.456 e. The van der Waals surface area contributed by atoms with Crippen LogP contribution in [0.3, 0.4) is 0 Å². The van der Waals surface area contributed by atoms with Crippen molar-refractivity contribution >= 4 is 32.7 Å². The van der Waals surface area contributed by atoms with E-state index in [1.165, 1.54) is 0 Å². The molecule has 0 radical (unpaired) electrons. The van der Waals surface area contributed by atoms with Crippen LogP contribution < -0.4 is 0 Å². The number of furan rings is 1. The Balaban J connectivity index is 1.33. The minimum absolute atomic E-state index is 0.622. The third-order valence-electron chi connectivity index (χ3n) is 7.40. The lowest BCUT2D eigenvalue weighted by atomic mass is 9.99. The SMILES string of the molecule is c1ccc(-c2nc(-c3ccccc3)nc(-c3cccc4c(-c5ccc6oc7ccccc7c6c5)nccc34)n2)cc1. The molecule has 5 heteroatoms. The number of aromatic nitrogens is 4. The predicted octanol–water partition coefficient (Wildman–Crippen LogP) is 8.99. The molecule has 0 saturated heterocycles. The number of pyridine rings is 1. The van der Waals surface area contributed by atoms with Gasteiger partial charge in [-0.05, 0) is 35.7 Å². The van der Waals surface area contributed by atoms with E-state index < -0.39 is 0 Å². The van der Waals surface area contributed by atoms with Crippen molar-refractivity contribution in [3.8, 4) is 45.4 Å². The maximum Gasteiger partial charge on any atom is 0.164 e. The summed E-state index contributed by atoms with van der Waals surface area (Å²) in [5.41, 5.74) is 6.48. The summed E-state index contributed by atoms with van der Waals surface area (Å²) in [6, 6.07) is 42.7. The van der Waals surface area contributed by atoms with Gasteiger partial charge in [-0.15, -0.1) is 0 Å². The quantitative estimate of drug-likeness (QED) is 0.229. The molecule has 3 aromatic heterocycles. The average Bonchev–Trinajstić information content (AvgIpc) is 3.43. The van der Waals surface area contributed by atoms with Gasteiger partial charge < -0.3 is 4.42 Å². The zero-order valence-corrected chi connectivity index (χ0v) is 21.9. The molecular formula is C36H22N4O. The van der Waals surface area contributed by atoms with E-state index in [1.807, 2.05) is 103 Å². The Hall–Kier alpha value is -5.68. The van der Waals surface area contributed by atoms with Crippen LogP contribution in [0.25, 0.3) is 78.1 Å². The average molecular weight is 527 g/mol. The monoisotopic (exact) mass is 526 g/mol. The van der Waals surface area contributed by atoms with Crippen molar-refractivity contribution < 1.29 is 4.42 Å². The normalized spacial score (nSPS) is 11.4. The van der Waals surface area contributed by atoms with Crippen LogP contribution >= 0.6 is 0 Å². The molecule has 0 aliphatic rings. The molecule has 0 N–H and O–H groups in total. The van der Waals surface area contributed by atoms with E-state index >= 15 is 0 Å². The fraction of sp³-hybridized carbons (Fsp3) is 0. The zero-order chi connectivity index (χ0) is 27.2. The summed E-state index contributed by atoms with van der Waals surface area (Å²) in [4.78, 5) is 19.6. The van der Waals surface area contributed by atoms with Crippen molar-refractivity contribution in [3.63, 3.8) is 0 Å². The first-order valence-electron chi connectivity index (χ1n) is 13.5. The smallest absolute Gasteiger partial charge is 0.164 e. The third-order valence-corrected chi connectivity index (χ3v) is 7.40. The van der Waals surface area contributed by atoms with Crippen LogP contribution in [0, 0.1) is 0 Å². The van der Waals surface area contributed by atoms with Gasteiger partial charge in [0, 0.05) is 44.6 Å². The highest BCUT2D eigenvalue weighted by atomic mass is 16.3. The second kappa shape index (κ2) is 9.50. The van der Waals surface area contributed by atoms with E-state index in [0.29, 0.717) is 17.5 Å². The molecule has 0 fully saturated rings. The molecule has 0 atom stereocenters. The number of hydrogen-bond donors (Lipinski definition) is 0. The van der Waals surface area contributed by atoms with E-state index in [0.717, 1.165) is 60.7 Å². The molecule has 192 valence electrons. The van der Waals surface area contributed by atoms with Crippen molar-refractivity contribution in [2.45, 2.75) is 0 Å². The van der Waals surface area contributed by atoms with Gasteiger partial charge in [0.2, 0.25) is 0 Å². The summed E-state index contributed by atoms with van der Waals surface area (Å²) in [5.74, 6) is 1.90. The van der Waals surface area contributed by atoms with E-state index in [2.05, 4.69) is 30.3 Å². The standard InChI is InChI=1S/C36H22N4O/c1-3-10-23(11-4-1)34-38-35(24-12-5-2-6-13-24)40-36(39-34)29-16-9-15-28-26(29)20-21-37-33(28)25-18-19-32-30(22-25)27-14-7-8-17-31(27)41-32/h1-22H. The molecule has 5 aromatic carbocycles. The van der Waals surface area contributed by atoms with Gasteiger partial charge in [0.1, 0.15) is 11.2 Å². The van der Waals surface area contributed by atoms with Crippen LogP contribution in [0.15, 0.2) is 138 Å². The van der Waals surface area contributed by atoms with Gasteiger partial charge in [-0.2, -0.15) is 0 Å². The molecule has 3 heterocycles. The minimum atomic E-state index is 0.622. The first-order valence-corrected chi connectivity index (χ1v) is 13.5. The molecule has 8 rings (SSSR count). The summed E-state index contributed by atoms with van der Waals surface area (Å²) >= 11 is 0. The summed E-state index contributed by atoms with van der Waals surface area (Å²) in [5, 5.41) is 4.22. The van der Waals surface area contributed by atoms with Crippen molar-refractivity contribution in [3.05, 3.63) is 134 Å². The van der Waals surface area contributed by atoms with Gasteiger partial charge in [-0.1, -0.05) is 97.1 Å².